The van der Waals surface area contributed by atoms with E-state index in [-0.39, 0.29) is 0 Å². The number of hydrogen-bond acceptors (Lipinski definition) is 3. The van der Waals surface area contributed by atoms with Crippen LogP contribution in [0.4, 0.5) is 0 Å². The van der Waals surface area contributed by atoms with E-state index in [1.807, 2.05) is 12.1 Å². The fourth-order valence-corrected chi connectivity index (χ4v) is 5.64. The summed E-state index contributed by atoms with van der Waals surface area (Å²) in [5.41, 5.74) is 2.51. The lowest BCUT2D eigenvalue weighted by molar-refractivity contribution is 0.428. The Hall–Kier alpha value is -0.880. The molecule has 6 heteroatoms. The number of fused-ring (bicyclic) bond motifs is 1. The maximum atomic E-state index is 12.7. The molecule has 112 valence electrons. The molecule has 0 saturated carbocycles. The number of sulfonamides is 1. The van der Waals surface area contributed by atoms with Crippen LogP contribution in [0.5, 0.6) is 0 Å². The van der Waals surface area contributed by atoms with Crippen molar-refractivity contribution < 1.29 is 8.42 Å². The van der Waals surface area contributed by atoms with Crippen molar-refractivity contribution in [2.75, 3.05) is 13.1 Å². The van der Waals surface area contributed by atoms with Crippen LogP contribution in [-0.2, 0) is 28.7 Å². The molecule has 1 aliphatic rings. The Labute approximate surface area is 134 Å². The van der Waals surface area contributed by atoms with E-state index in [1.54, 1.807) is 16.4 Å². The number of nitrogens with zero attached hydrogens (tertiary/aromatic N) is 1. The lowest BCUT2D eigenvalue weighted by Gasteiger charge is -2.18. The average molecular weight is 342 g/mol. The first-order valence-corrected chi connectivity index (χ1v) is 9.62. The van der Waals surface area contributed by atoms with Gasteiger partial charge in [-0.3, -0.25) is 0 Å². The van der Waals surface area contributed by atoms with Crippen LogP contribution in [-0.4, -0.2) is 25.8 Å². The topological polar surface area (TPSA) is 37.4 Å². The largest absolute Gasteiger partial charge is 0.252 e. The van der Waals surface area contributed by atoms with E-state index < -0.39 is 10.0 Å². The van der Waals surface area contributed by atoms with Gasteiger partial charge >= 0.3 is 0 Å². The van der Waals surface area contributed by atoms with Crippen molar-refractivity contribution in [3.8, 4) is 0 Å². The molecule has 0 radical (unpaired) electrons. The van der Waals surface area contributed by atoms with E-state index in [2.05, 4.69) is 12.1 Å². The Morgan fingerprint density at radius 2 is 1.67 bits per heavy atom. The lowest BCUT2D eigenvalue weighted by Crippen LogP contribution is -2.32. The van der Waals surface area contributed by atoms with Gasteiger partial charge in [-0.05, 0) is 36.1 Å². The summed E-state index contributed by atoms with van der Waals surface area (Å²) in [5.74, 6) is 0.353. The molecule has 0 fully saturated rings. The second-order valence-corrected chi connectivity index (χ2v) is 8.63. The molecule has 1 aromatic carbocycles. The Balaban J connectivity index is 1.84. The normalized spacial score (nSPS) is 16.4. The van der Waals surface area contributed by atoms with Gasteiger partial charge in [-0.15, -0.1) is 22.9 Å². The number of halogens is 1. The van der Waals surface area contributed by atoms with Gasteiger partial charge in [0, 0.05) is 18.0 Å². The van der Waals surface area contributed by atoms with Crippen molar-refractivity contribution in [1.82, 2.24) is 4.31 Å². The molecule has 1 aromatic heterocycles. The summed E-state index contributed by atoms with van der Waals surface area (Å²) in [6.45, 7) is 1.07. The zero-order valence-corrected chi connectivity index (χ0v) is 13.8. The van der Waals surface area contributed by atoms with Crippen LogP contribution in [0.3, 0.4) is 0 Å². The smallest absolute Gasteiger partial charge is 0.206 e. The van der Waals surface area contributed by atoms with E-state index in [0.29, 0.717) is 23.2 Å². The summed E-state index contributed by atoms with van der Waals surface area (Å²) in [6, 6.07) is 11.6. The molecule has 0 saturated heterocycles. The van der Waals surface area contributed by atoms with Crippen LogP contribution in [0, 0.1) is 0 Å². The number of benzene rings is 1. The highest BCUT2D eigenvalue weighted by molar-refractivity contribution is 7.91. The molecule has 1 aliphatic heterocycles. The van der Waals surface area contributed by atoms with Crippen molar-refractivity contribution in [3.63, 3.8) is 0 Å². The number of alkyl halides is 1. The molecule has 0 unspecified atom stereocenters. The molecule has 0 amide bonds. The average Bonchev–Trinajstić information content (AvgIpc) is 2.87. The summed E-state index contributed by atoms with van der Waals surface area (Å²) in [5, 5.41) is 0. The summed E-state index contributed by atoms with van der Waals surface area (Å²) in [6.07, 6.45) is 1.53. The third-order valence-electron chi connectivity index (χ3n) is 3.74. The highest BCUT2D eigenvalue weighted by Gasteiger charge is 2.27. The fraction of sp³-hybridized carbons (Fsp3) is 0.333. The van der Waals surface area contributed by atoms with Gasteiger partial charge in [-0.2, -0.15) is 4.31 Å². The minimum Gasteiger partial charge on any atom is -0.206 e. The fourth-order valence-electron chi connectivity index (χ4n) is 2.58. The number of rotatable bonds is 3. The molecular weight excluding hydrogens is 326 g/mol. The SMILES string of the molecule is O=S(=O)(c1ccc(CCl)s1)N1CCc2ccccc2CC1. The van der Waals surface area contributed by atoms with Gasteiger partial charge in [0.05, 0.1) is 5.88 Å². The van der Waals surface area contributed by atoms with Gasteiger partial charge in [-0.25, -0.2) is 8.42 Å². The van der Waals surface area contributed by atoms with Crippen LogP contribution in [0.15, 0.2) is 40.6 Å². The first-order valence-electron chi connectivity index (χ1n) is 6.83. The number of hydrogen-bond donors (Lipinski definition) is 0. The van der Waals surface area contributed by atoms with E-state index in [0.717, 1.165) is 17.7 Å². The Bertz CT molecular complexity index is 713. The quantitative estimate of drug-likeness (QED) is 0.803. The third kappa shape index (κ3) is 3.01. The minimum absolute atomic E-state index is 0.353. The van der Waals surface area contributed by atoms with Crippen LogP contribution < -0.4 is 0 Å². The van der Waals surface area contributed by atoms with Gasteiger partial charge in [0.1, 0.15) is 4.21 Å². The summed E-state index contributed by atoms with van der Waals surface area (Å²) in [4.78, 5) is 0.883. The maximum Gasteiger partial charge on any atom is 0.252 e. The van der Waals surface area contributed by atoms with Gasteiger partial charge in [0.15, 0.2) is 0 Å². The first-order chi connectivity index (χ1) is 10.1. The Kier molecular flexibility index (Phi) is 4.36. The second-order valence-electron chi connectivity index (χ2n) is 5.03. The Morgan fingerprint density at radius 3 is 2.19 bits per heavy atom. The second kappa shape index (κ2) is 6.08. The van der Waals surface area contributed by atoms with Crippen molar-refractivity contribution in [2.24, 2.45) is 0 Å². The maximum absolute atomic E-state index is 12.7. The first kappa shape index (κ1) is 15.0. The molecule has 21 heavy (non-hydrogen) atoms. The summed E-state index contributed by atoms with van der Waals surface area (Å²) in [7, 11) is -3.40. The highest BCUT2D eigenvalue weighted by atomic mass is 35.5. The molecule has 2 aromatic rings. The molecule has 3 nitrogen and oxygen atoms in total. The van der Waals surface area contributed by atoms with Gasteiger partial charge in [-0.1, -0.05) is 24.3 Å². The molecule has 0 N–H and O–H groups in total. The molecule has 0 spiro atoms. The molecule has 0 aliphatic carbocycles. The van der Waals surface area contributed by atoms with E-state index >= 15 is 0 Å². The van der Waals surface area contributed by atoms with Crippen LogP contribution in [0.2, 0.25) is 0 Å². The lowest BCUT2D eigenvalue weighted by atomic mass is 10.0. The van der Waals surface area contributed by atoms with Crippen molar-refractivity contribution >= 4 is 33.0 Å². The van der Waals surface area contributed by atoms with Crippen molar-refractivity contribution in [1.29, 1.82) is 0 Å². The molecule has 2 heterocycles. The van der Waals surface area contributed by atoms with E-state index in [4.69, 9.17) is 11.6 Å². The number of thiophene rings is 1. The van der Waals surface area contributed by atoms with Crippen molar-refractivity contribution in [2.45, 2.75) is 22.9 Å². The molecule has 0 atom stereocenters. The van der Waals surface area contributed by atoms with Gasteiger partial charge in [0.2, 0.25) is 0 Å². The highest BCUT2D eigenvalue weighted by Crippen LogP contribution is 2.27. The van der Waals surface area contributed by atoms with Crippen LogP contribution in [0.1, 0.15) is 16.0 Å². The standard InChI is InChI=1S/C15H16ClNO2S2/c16-11-14-5-6-15(20-14)21(18,19)17-9-7-12-3-1-2-4-13(12)8-10-17/h1-6H,7-11H2. The molecule has 3 rings (SSSR count). The zero-order chi connectivity index (χ0) is 14.9. The van der Waals surface area contributed by atoms with E-state index in [1.165, 1.54) is 22.5 Å². The van der Waals surface area contributed by atoms with Crippen LogP contribution in [0.25, 0.3) is 0 Å². The van der Waals surface area contributed by atoms with Gasteiger partial charge in [0.25, 0.3) is 10.0 Å². The predicted molar refractivity (Wildman–Crippen MR) is 86.5 cm³/mol. The summed E-state index contributed by atoms with van der Waals surface area (Å²) >= 11 is 7.03. The van der Waals surface area contributed by atoms with Crippen LogP contribution >= 0.6 is 22.9 Å². The predicted octanol–water partition coefficient (Wildman–Crippen LogP) is 3.28. The Morgan fingerprint density at radius 1 is 1.05 bits per heavy atom. The monoisotopic (exact) mass is 341 g/mol. The van der Waals surface area contributed by atoms with E-state index in [9.17, 15) is 8.42 Å². The zero-order valence-electron chi connectivity index (χ0n) is 11.5. The minimum atomic E-state index is -3.40. The third-order valence-corrected chi connectivity index (χ3v) is 7.64. The molecule has 0 bridgehead atoms. The van der Waals surface area contributed by atoms with Gasteiger partial charge < -0.3 is 0 Å². The molecular formula is C15H16ClNO2S2. The van der Waals surface area contributed by atoms with Crippen molar-refractivity contribution in [3.05, 3.63) is 52.4 Å². The summed E-state index contributed by atoms with van der Waals surface area (Å²) < 4.78 is 27.4.